The summed E-state index contributed by atoms with van der Waals surface area (Å²) in [6.45, 7) is 2.61. The summed E-state index contributed by atoms with van der Waals surface area (Å²) < 4.78 is 0. The molecule has 1 saturated heterocycles. The minimum Gasteiger partial charge on any atom is -0.340 e. The third-order valence-corrected chi connectivity index (χ3v) is 4.78. The largest absolute Gasteiger partial charge is 0.340 e. The number of carbonyl (C=O) groups excluding carboxylic acids is 2. The van der Waals surface area contributed by atoms with Crippen LogP contribution in [0.4, 0.5) is 0 Å². The number of piperazine rings is 1. The molecule has 1 aromatic heterocycles. The predicted octanol–water partition coefficient (Wildman–Crippen LogP) is 1.22. The van der Waals surface area contributed by atoms with Crippen LogP contribution in [0.3, 0.4) is 0 Å². The van der Waals surface area contributed by atoms with E-state index in [-0.39, 0.29) is 18.4 Å². The highest BCUT2D eigenvalue weighted by Crippen LogP contribution is 2.33. The van der Waals surface area contributed by atoms with Gasteiger partial charge in [0.15, 0.2) is 0 Å². The quantitative estimate of drug-likeness (QED) is 0.885. The third-order valence-electron chi connectivity index (χ3n) is 3.88. The minimum atomic E-state index is -0.616. The smallest absolute Gasteiger partial charge is 0.249 e. The van der Waals surface area contributed by atoms with Crippen LogP contribution in [0.5, 0.6) is 0 Å². The van der Waals surface area contributed by atoms with Gasteiger partial charge in [-0.05, 0) is 19.8 Å². The Morgan fingerprint density at radius 3 is 2.79 bits per heavy atom. The molecule has 1 aromatic rings. The van der Waals surface area contributed by atoms with E-state index in [0.29, 0.717) is 6.54 Å². The van der Waals surface area contributed by atoms with E-state index < -0.39 is 5.54 Å². The first kappa shape index (κ1) is 12.6. The minimum absolute atomic E-state index is 0.0391. The van der Waals surface area contributed by atoms with Crippen molar-refractivity contribution in [1.29, 1.82) is 0 Å². The zero-order chi connectivity index (χ0) is 13.5. The maximum absolute atomic E-state index is 12.6. The van der Waals surface area contributed by atoms with Crippen LogP contribution in [0.1, 0.15) is 35.6 Å². The number of thiazole rings is 1. The van der Waals surface area contributed by atoms with Crippen LogP contribution in [0.15, 0.2) is 6.20 Å². The van der Waals surface area contributed by atoms with E-state index in [9.17, 15) is 9.59 Å². The lowest BCUT2D eigenvalue weighted by atomic mass is 9.93. The summed E-state index contributed by atoms with van der Waals surface area (Å²) in [4.78, 5) is 31.4. The second kappa shape index (κ2) is 4.59. The van der Waals surface area contributed by atoms with Gasteiger partial charge in [0.05, 0.1) is 11.6 Å². The van der Waals surface area contributed by atoms with Gasteiger partial charge in [0.2, 0.25) is 11.8 Å². The molecule has 2 heterocycles. The molecule has 1 N–H and O–H groups in total. The summed E-state index contributed by atoms with van der Waals surface area (Å²) in [7, 11) is 0. The number of nitrogens with zero attached hydrogens (tertiary/aromatic N) is 2. The standard InChI is InChI=1S/C13H17N3O2S/c1-9-14-6-10(19-9)7-16-8-11(17)15-13(12(16)18)4-2-3-5-13/h6H,2-5,7-8H2,1H3,(H,15,17). The Morgan fingerprint density at radius 2 is 2.16 bits per heavy atom. The summed E-state index contributed by atoms with van der Waals surface area (Å²) in [6, 6.07) is 0. The van der Waals surface area contributed by atoms with E-state index >= 15 is 0 Å². The van der Waals surface area contributed by atoms with Crippen LogP contribution >= 0.6 is 11.3 Å². The molecule has 0 unspecified atom stereocenters. The number of hydrogen-bond acceptors (Lipinski definition) is 4. The molecule has 1 aliphatic carbocycles. The molecule has 0 atom stereocenters. The molecule has 1 aliphatic heterocycles. The summed E-state index contributed by atoms with van der Waals surface area (Å²) in [6.07, 6.45) is 5.37. The highest BCUT2D eigenvalue weighted by molar-refractivity contribution is 7.11. The lowest BCUT2D eigenvalue weighted by Gasteiger charge is -2.39. The highest BCUT2D eigenvalue weighted by atomic mass is 32.1. The Morgan fingerprint density at radius 1 is 1.42 bits per heavy atom. The summed E-state index contributed by atoms with van der Waals surface area (Å²) in [5, 5.41) is 3.91. The van der Waals surface area contributed by atoms with E-state index in [4.69, 9.17) is 0 Å². The van der Waals surface area contributed by atoms with E-state index in [0.717, 1.165) is 35.6 Å². The van der Waals surface area contributed by atoms with Gasteiger partial charge in [0, 0.05) is 11.1 Å². The van der Waals surface area contributed by atoms with Crippen LogP contribution in [-0.2, 0) is 16.1 Å². The lowest BCUT2D eigenvalue weighted by Crippen LogP contribution is -2.65. The molecule has 3 rings (SSSR count). The van der Waals surface area contributed by atoms with Crippen molar-refractivity contribution in [3.8, 4) is 0 Å². The number of amides is 2. The summed E-state index contributed by atoms with van der Waals surface area (Å²) in [5.41, 5.74) is -0.616. The zero-order valence-corrected chi connectivity index (χ0v) is 11.8. The van der Waals surface area contributed by atoms with Crippen LogP contribution in [0.25, 0.3) is 0 Å². The SMILES string of the molecule is Cc1ncc(CN2CC(=O)NC3(CCCC3)C2=O)s1. The van der Waals surface area contributed by atoms with Gasteiger partial charge in [-0.25, -0.2) is 4.98 Å². The second-order valence-electron chi connectivity index (χ2n) is 5.34. The van der Waals surface area contributed by atoms with Gasteiger partial charge in [-0.3, -0.25) is 9.59 Å². The van der Waals surface area contributed by atoms with Crippen molar-refractivity contribution in [1.82, 2.24) is 15.2 Å². The molecule has 1 spiro atoms. The van der Waals surface area contributed by atoms with Crippen molar-refractivity contribution in [3.63, 3.8) is 0 Å². The van der Waals surface area contributed by atoms with E-state index in [1.807, 2.05) is 6.92 Å². The third kappa shape index (κ3) is 2.25. The Bertz CT molecular complexity index is 520. The van der Waals surface area contributed by atoms with Gasteiger partial charge >= 0.3 is 0 Å². The summed E-state index contributed by atoms with van der Waals surface area (Å²) in [5.74, 6) is 0.0402. The van der Waals surface area contributed by atoms with Gasteiger partial charge in [0.25, 0.3) is 0 Å². The Kier molecular flexibility index (Phi) is 3.05. The highest BCUT2D eigenvalue weighted by Gasteiger charge is 2.48. The van der Waals surface area contributed by atoms with Gasteiger partial charge in [-0.1, -0.05) is 12.8 Å². The molecule has 6 heteroatoms. The fourth-order valence-corrected chi connectivity index (χ4v) is 3.83. The molecule has 2 amide bonds. The second-order valence-corrected chi connectivity index (χ2v) is 6.66. The fraction of sp³-hybridized carbons (Fsp3) is 0.615. The first-order valence-corrected chi connectivity index (χ1v) is 7.42. The van der Waals surface area contributed by atoms with E-state index in [2.05, 4.69) is 10.3 Å². The van der Waals surface area contributed by atoms with Crippen molar-refractivity contribution < 1.29 is 9.59 Å². The molecule has 5 nitrogen and oxygen atoms in total. The molecule has 0 radical (unpaired) electrons. The maximum atomic E-state index is 12.6. The number of aryl methyl sites for hydroxylation is 1. The Labute approximate surface area is 116 Å². The number of hydrogen-bond donors (Lipinski definition) is 1. The number of nitrogens with one attached hydrogen (secondary N) is 1. The fourth-order valence-electron chi connectivity index (χ4n) is 3.02. The van der Waals surface area contributed by atoms with Gasteiger partial charge in [-0.15, -0.1) is 11.3 Å². The molecule has 19 heavy (non-hydrogen) atoms. The van der Waals surface area contributed by atoms with Gasteiger partial charge in [-0.2, -0.15) is 0 Å². The first-order chi connectivity index (χ1) is 9.09. The zero-order valence-electron chi connectivity index (χ0n) is 10.9. The Hall–Kier alpha value is -1.43. The van der Waals surface area contributed by atoms with Crippen LogP contribution in [0, 0.1) is 6.92 Å². The van der Waals surface area contributed by atoms with Crippen LogP contribution in [0.2, 0.25) is 0 Å². The molecule has 2 aliphatic rings. The average molecular weight is 279 g/mol. The predicted molar refractivity (Wildman–Crippen MR) is 71.6 cm³/mol. The number of aromatic nitrogens is 1. The van der Waals surface area contributed by atoms with Crippen molar-refractivity contribution in [2.45, 2.75) is 44.7 Å². The molecular formula is C13H17N3O2S. The normalized spacial score (nSPS) is 22.1. The number of carbonyl (C=O) groups is 2. The van der Waals surface area contributed by atoms with Crippen molar-refractivity contribution in [2.24, 2.45) is 0 Å². The van der Waals surface area contributed by atoms with E-state index in [1.54, 1.807) is 22.4 Å². The Balaban J connectivity index is 1.80. The molecule has 1 saturated carbocycles. The topological polar surface area (TPSA) is 62.3 Å². The average Bonchev–Trinajstić information content (AvgIpc) is 2.96. The lowest BCUT2D eigenvalue weighted by molar-refractivity contribution is -0.150. The van der Waals surface area contributed by atoms with Crippen LogP contribution in [-0.4, -0.2) is 33.8 Å². The molecular weight excluding hydrogens is 262 g/mol. The number of rotatable bonds is 2. The summed E-state index contributed by atoms with van der Waals surface area (Å²) >= 11 is 1.58. The van der Waals surface area contributed by atoms with E-state index in [1.165, 1.54) is 0 Å². The molecule has 102 valence electrons. The maximum Gasteiger partial charge on any atom is 0.249 e. The van der Waals surface area contributed by atoms with Gasteiger partial charge < -0.3 is 10.2 Å². The molecule has 0 aromatic carbocycles. The van der Waals surface area contributed by atoms with Crippen molar-refractivity contribution in [3.05, 3.63) is 16.1 Å². The molecule has 0 bridgehead atoms. The first-order valence-electron chi connectivity index (χ1n) is 6.61. The van der Waals surface area contributed by atoms with Crippen LogP contribution < -0.4 is 5.32 Å². The molecule has 2 fully saturated rings. The monoisotopic (exact) mass is 279 g/mol. The van der Waals surface area contributed by atoms with Gasteiger partial charge in [0.1, 0.15) is 12.1 Å². The van der Waals surface area contributed by atoms with Crippen molar-refractivity contribution >= 4 is 23.2 Å². The van der Waals surface area contributed by atoms with Crippen molar-refractivity contribution in [2.75, 3.05) is 6.54 Å².